The first-order chi connectivity index (χ1) is 16.3. The number of anilines is 1. The summed E-state index contributed by atoms with van der Waals surface area (Å²) in [5.41, 5.74) is 2.55. The molecule has 0 aliphatic carbocycles. The molecule has 0 radical (unpaired) electrons. The van der Waals surface area contributed by atoms with Crippen LogP contribution in [-0.2, 0) is 17.1 Å². The number of carbonyl (C=O) groups excluding carboxylic acids is 1. The molecule has 5 rings (SSSR count). The monoisotopic (exact) mass is 478 g/mol. The fraction of sp³-hybridized carbons (Fsp3) is 0.200. The van der Waals surface area contributed by atoms with E-state index in [-0.39, 0.29) is 5.91 Å². The first kappa shape index (κ1) is 21.6. The van der Waals surface area contributed by atoms with Crippen LogP contribution in [0.2, 0.25) is 0 Å². The highest BCUT2D eigenvalue weighted by Crippen LogP contribution is 2.35. The van der Waals surface area contributed by atoms with E-state index in [0.717, 1.165) is 21.8 Å². The number of hydrogen-bond donors (Lipinski definition) is 0. The molecule has 6 nitrogen and oxygen atoms in total. The Bertz CT molecular complexity index is 1210. The maximum Gasteiger partial charge on any atom is 0.237 e. The number of fused-ring (bicyclic) bond motifs is 1. The van der Waals surface area contributed by atoms with E-state index in [0.29, 0.717) is 48.7 Å². The van der Waals surface area contributed by atoms with Crippen LogP contribution in [0.1, 0.15) is 10.6 Å². The van der Waals surface area contributed by atoms with Crippen LogP contribution in [0.15, 0.2) is 76.7 Å². The average molecular weight is 479 g/mol. The summed E-state index contributed by atoms with van der Waals surface area (Å²) >= 11 is 3.16. The lowest BCUT2D eigenvalue weighted by Gasteiger charge is -2.25. The van der Waals surface area contributed by atoms with Gasteiger partial charge in [0, 0.05) is 27.9 Å². The molecule has 168 valence electrons. The number of benzene rings is 2. The molecule has 1 aliphatic heterocycles. The average Bonchev–Trinajstić information content (AvgIpc) is 3.55. The molecule has 0 saturated carbocycles. The van der Waals surface area contributed by atoms with Gasteiger partial charge in [0.1, 0.15) is 19.5 Å². The van der Waals surface area contributed by atoms with Gasteiger partial charge in [-0.25, -0.2) is 4.98 Å². The Morgan fingerprint density at radius 3 is 2.70 bits per heavy atom. The van der Waals surface area contributed by atoms with Gasteiger partial charge >= 0.3 is 0 Å². The van der Waals surface area contributed by atoms with Crippen LogP contribution in [0.25, 0.3) is 11.5 Å². The number of aromatic nitrogens is 1. The number of thioether (sulfide) groups is 1. The van der Waals surface area contributed by atoms with E-state index in [1.807, 2.05) is 66.0 Å². The number of amides is 1. The third-order valence-corrected chi connectivity index (χ3v) is 6.89. The van der Waals surface area contributed by atoms with Gasteiger partial charge in [-0.05, 0) is 35.7 Å². The maximum absolute atomic E-state index is 13.2. The summed E-state index contributed by atoms with van der Waals surface area (Å²) in [6.45, 7) is 1.56. The Kier molecular flexibility index (Phi) is 6.64. The first-order valence-electron chi connectivity index (χ1n) is 10.6. The molecule has 1 amide bonds. The van der Waals surface area contributed by atoms with Crippen LogP contribution in [0.4, 0.5) is 5.69 Å². The molecular formula is C25H22N2O4S2. The lowest BCUT2D eigenvalue weighted by atomic mass is 10.2. The predicted octanol–water partition coefficient (Wildman–Crippen LogP) is 5.64. The highest BCUT2D eigenvalue weighted by atomic mass is 32.2. The Balaban J connectivity index is 1.26. The summed E-state index contributed by atoms with van der Waals surface area (Å²) in [5, 5.41) is 2.02. The molecule has 3 heterocycles. The van der Waals surface area contributed by atoms with Crippen LogP contribution in [0, 0.1) is 0 Å². The van der Waals surface area contributed by atoms with Gasteiger partial charge in [-0.1, -0.05) is 24.3 Å². The van der Waals surface area contributed by atoms with E-state index in [9.17, 15) is 4.79 Å². The third kappa shape index (κ3) is 5.23. The van der Waals surface area contributed by atoms with Gasteiger partial charge in [-0.2, -0.15) is 0 Å². The molecular weight excluding hydrogens is 456 g/mol. The van der Waals surface area contributed by atoms with E-state index in [4.69, 9.17) is 13.9 Å². The standard InChI is InChI=1S/C25H22N2O4S2/c28-24(17-32-16-19-15-31-25(26-19)18-5-2-1-3-6-18)27(14-21-7-4-12-33-21)20-8-9-22-23(13-20)30-11-10-29-22/h1-9,12-13,15H,10-11,14,16-17H2. The molecule has 2 aromatic carbocycles. The zero-order valence-corrected chi connectivity index (χ0v) is 19.4. The highest BCUT2D eigenvalue weighted by Gasteiger charge is 2.20. The number of hydrogen-bond acceptors (Lipinski definition) is 7. The first-order valence-corrected chi connectivity index (χ1v) is 12.6. The molecule has 0 atom stereocenters. The minimum atomic E-state index is 0.0249. The number of ether oxygens (including phenoxy) is 2. The van der Waals surface area contributed by atoms with Crippen LogP contribution in [0.3, 0.4) is 0 Å². The van der Waals surface area contributed by atoms with Crippen molar-refractivity contribution >= 4 is 34.7 Å². The van der Waals surface area contributed by atoms with Gasteiger partial charge in [0.05, 0.1) is 18.0 Å². The van der Waals surface area contributed by atoms with Crippen molar-refractivity contribution in [3.8, 4) is 23.0 Å². The molecule has 0 spiro atoms. The summed E-state index contributed by atoms with van der Waals surface area (Å²) < 4.78 is 17.0. The lowest BCUT2D eigenvalue weighted by Crippen LogP contribution is -2.31. The van der Waals surface area contributed by atoms with E-state index in [2.05, 4.69) is 4.98 Å². The van der Waals surface area contributed by atoms with Gasteiger partial charge < -0.3 is 18.8 Å². The van der Waals surface area contributed by atoms with Crippen LogP contribution >= 0.6 is 23.1 Å². The number of rotatable bonds is 8. The smallest absolute Gasteiger partial charge is 0.237 e. The van der Waals surface area contributed by atoms with E-state index in [1.54, 1.807) is 22.5 Å². The number of oxazole rings is 1. The van der Waals surface area contributed by atoms with E-state index in [1.165, 1.54) is 11.8 Å². The summed E-state index contributed by atoms with van der Waals surface area (Å²) in [5.74, 6) is 2.92. The highest BCUT2D eigenvalue weighted by molar-refractivity contribution is 7.99. The molecule has 0 fully saturated rings. The van der Waals surface area contributed by atoms with Gasteiger partial charge in [0.25, 0.3) is 0 Å². The molecule has 0 N–H and O–H groups in total. The quantitative estimate of drug-likeness (QED) is 0.327. The molecule has 33 heavy (non-hydrogen) atoms. The van der Waals surface area contributed by atoms with E-state index < -0.39 is 0 Å². The third-order valence-electron chi connectivity index (χ3n) is 5.08. The fourth-order valence-electron chi connectivity index (χ4n) is 3.49. The van der Waals surface area contributed by atoms with Gasteiger partial charge in [0.15, 0.2) is 11.5 Å². The zero-order valence-electron chi connectivity index (χ0n) is 17.8. The van der Waals surface area contributed by atoms with Gasteiger partial charge in [0.2, 0.25) is 11.8 Å². The second kappa shape index (κ2) is 10.1. The maximum atomic E-state index is 13.2. The summed E-state index contributed by atoms with van der Waals surface area (Å²) in [6, 6.07) is 19.5. The Morgan fingerprint density at radius 2 is 1.88 bits per heavy atom. The van der Waals surface area contributed by atoms with Crippen molar-refractivity contribution in [2.75, 3.05) is 23.9 Å². The summed E-state index contributed by atoms with van der Waals surface area (Å²) in [6.07, 6.45) is 1.66. The minimum absolute atomic E-state index is 0.0249. The summed E-state index contributed by atoms with van der Waals surface area (Å²) in [4.78, 5) is 20.7. The largest absolute Gasteiger partial charge is 0.486 e. The van der Waals surface area contributed by atoms with Crippen molar-refractivity contribution in [3.63, 3.8) is 0 Å². The van der Waals surface area contributed by atoms with Crippen LogP contribution in [-0.4, -0.2) is 29.9 Å². The van der Waals surface area contributed by atoms with Crippen molar-refractivity contribution in [3.05, 3.63) is 82.9 Å². The molecule has 1 aliphatic rings. The number of nitrogens with zero attached hydrogens (tertiary/aromatic N) is 2. The topological polar surface area (TPSA) is 64.8 Å². The minimum Gasteiger partial charge on any atom is -0.486 e. The van der Waals surface area contributed by atoms with Crippen molar-refractivity contribution < 1.29 is 18.7 Å². The Hall–Kier alpha value is -3.23. The zero-order chi connectivity index (χ0) is 22.5. The van der Waals surface area contributed by atoms with Gasteiger partial charge in [-0.3, -0.25) is 4.79 Å². The van der Waals surface area contributed by atoms with E-state index >= 15 is 0 Å². The normalized spacial score (nSPS) is 12.5. The number of thiophene rings is 1. The Labute approximate surface area is 200 Å². The predicted molar refractivity (Wildman–Crippen MR) is 131 cm³/mol. The molecule has 0 unspecified atom stereocenters. The van der Waals surface area contributed by atoms with Crippen LogP contribution in [0.5, 0.6) is 11.5 Å². The van der Waals surface area contributed by atoms with Crippen molar-refractivity contribution in [1.82, 2.24) is 4.98 Å². The second-order valence-corrected chi connectivity index (χ2v) is 9.41. The molecule has 4 aromatic rings. The molecule has 8 heteroatoms. The molecule has 2 aromatic heterocycles. The Morgan fingerprint density at radius 1 is 1.03 bits per heavy atom. The molecule has 0 saturated heterocycles. The van der Waals surface area contributed by atoms with Crippen LogP contribution < -0.4 is 14.4 Å². The van der Waals surface area contributed by atoms with Crippen molar-refractivity contribution in [2.45, 2.75) is 12.3 Å². The summed E-state index contributed by atoms with van der Waals surface area (Å²) in [7, 11) is 0. The fourth-order valence-corrected chi connectivity index (χ4v) is 4.96. The van der Waals surface area contributed by atoms with Crippen molar-refractivity contribution in [2.24, 2.45) is 0 Å². The number of carbonyl (C=O) groups is 1. The van der Waals surface area contributed by atoms with Gasteiger partial charge in [-0.15, -0.1) is 23.1 Å². The van der Waals surface area contributed by atoms with Crippen molar-refractivity contribution in [1.29, 1.82) is 0 Å². The lowest BCUT2D eigenvalue weighted by molar-refractivity contribution is -0.116. The SMILES string of the molecule is O=C(CSCc1coc(-c2ccccc2)n1)N(Cc1cccs1)c1ccc2c(c1)OCCO2. The second-order valence-electron chi connectivity index (χ2n) is 7.39. The molecule has 0 bridgehead atoms.